The highest BCUT2D eigenvalue weighted by molar-refractivity contribution is 5.73. The molecule has 2 atom stereocenters. The van der Waals surface area contributed by atoms with Crippen LogP contribution in [0.1, 0.15) is 11.6 Å². The van der Waals surface area contributed by atoms with Gasteiger partial charge in [0, 0.05) is 18.2 Å². The lowest BCUT2D eigenvalue weighted by molar-refractivity contribution is -0.145. The van der Waals surface area contributed by atoms with E-state index in [4.69, 9.17) is 5.11 Å². The Kier molecular flexibility index (Phi) is 2.21. The lowest BCUT2D eigenvalue weighted by Gasteiger charge is -2.35. The van der Waals surface area contributed by atoms with E-state index < -0.39 is 11.9 Å². The molecular weight excluding hydrogens is 185 g/mol. The van der Waals surface area contributed by atoms with Gasteiger partial charge in [0.1, 0.15) is 5.82 Å². The van der Waals surface area contributed by atoms with Crippen LogP contribution in [0.4, 0.5) is 4.39 Å². The number of carboxylic acid groups (broad SMARTS) is 1. The topological polar surface area (TPSA) is 49.3 Å². The van der Waals surface area contributed by atoms with Gasteiger partial charge in [-0.25, -0.2) is 4.39 Å². The molecule has 0 aromatic heterocycles. The van der Waals surface area contributed by atoms with E-state index in [0.717, 1.165) is 0 Å². The average Bonchev–Trinajstić information content (AvgIpc) is 2.05. The Labute approximate surface area is 80.6 Å². The van der Waals surface area contributed by atoms with Crippen molar-refractivity contribution in [3.8, 4) is 0 Å². The maximum atomic E-state index is 13.3. The second-order valence-electron chi connectivity index (χ2n) is 3.35. The van der Waals surface area contributed by atoms with Crippen molar-refractivity contribution in [3.63, 3.8) is 0 Å². The number of hydrogen-bond donors (Lipinski definition) is 2. The van der Waals surface area contributed by atoms with Crippen molar-refractivity contribution in [2.75, 3.05) is 6.54 Å². The normalized spacial score (nSPS) is 25.5. The SMILES string of the molecule is O=C(O)C1CNC1c1ccccc1F. The van der Waals surface area contributed by atoms with Crippen LogP contribution in [-0.4, -0.2) is 17.6 Å². The lowest BCUT2D eigenvalue weighted by atomic mass is 9.86. The molecule has 1 aliphatic rings. The second-order valence-corrected chi connectivity index (χ2v) is 3.35. The van der Waals surface area contributed by atoms with Crippen molar-refractivity contribution in [3.05, 3.63) is 35.6 Å². The Balaban J connectivity index is 2.24. The van der Waals surface area contributed by atoms with Crippen molar-refractivity contribution in [1.29, 1.82) is 0 Å². The number of carboxylic acids is 1. The summed E-state index contributed by atoms with van der Waals surface area (Å²) in [6, 6.07) is 5.87. The second kappa shape index (κ2) is 3.38. The number of halogens is 1. The number of aliphatic carboxylic acids is 1. The van der Waals surface area contributed by atoms with Gasteiger partial charge in [0.15, 0.2) is 0 Å². The van der Waals surface area contributed by atoms with Gasteiger partial charge >= 0.3 is 5.97 Å². The first-order chi connectivity index (χ1) is 6.70. The van der Waals surface area contributed by atoms with Gasteiger partial charge in [-0.3, -0.25) is 4.79 Å². The van der Waals surface area contributed by atoms with Crippen LogP contribution >= 0.6 is 0 Å². The molecule has 74 valence electrons. The summed E-state index contributed by atoms with van der Waals surface area (Å²) in [7, 11) is 0. The van der Waals surface area contributed by atoms with Crippen molar-refractivity contribution in [2.24, 2.45) is 5.92 Å². The summed E-state index contributed by atoms with van der Waals surface area (Å²) in [4.78, 5) is 10.7. The molecule has 0 bridgehead atoms. The van der Waals surface area contributed by atoms with Crippen molar-refractivity contribution in [2.45, 2.75) is 6.04 Å². The predicted octanol–water partition coefficient (Wildman–Crippen LogP) is 1.17. The third kappa shape index (κ3) is 1.37. The van der Waals surface area contributed by atoms with Crippen LogP contribution in [0.15, 0.2) is 24.3 Å². The summed E-state index contributed by atoms with van der Waals surface area (Å²) in [5.41, 5.74) is 0.436. The Hall–Kier alpha value is -1.42. The van der Waals surface area contributed by atoms with Crippen LogP contribution in [0.25, 0.3) is 0 Å². The van der Waals surface area contributed by atoms with Gasteiger partial charge in [0.05, 0.1) is 5.92 Å². The monoisotopic (exact) mass is 195 g/mol. The Morgan fingerprint density at radius 2 is 2.21 bits per heavy atom. The first-order valence-corrected chi connectivity index (χ1v) is 4.41. The minimum Gasteiger partial charge on any atom is -0.481 e. The number of rotatable bonds is 2. The highest BCUT2D eigenvalue weighted by Gasteiger charge is 2.38. The molecule has 1 aromatic carbocycles. The van der Waals surface area contributed by atoms with Crippen LogP contribution in [0.5, 0.6) is 0 Å². The number of nitrogens with one attached hydrogen (secondary N) is 1. The zero-order valence-electron chi connectivity index (χ0n) is 7.40. The third-order valence-electron chi connectivity index (χ3n) is 2.52. The molecule has 0 aliphatic carbocycles. The van der Waals surface area contributed by atoms with Crippen LogP contribution < -0.4 is 5.32 Å². The number of carbonyl (C=O) groups is 1. The van der Waals surface area contributed by atoms with Crippen LogP contribution in [0, 0.1) is 11.7 Å². The van der Waals surface area contributed by atoms with E-state index >= 15 is 0 Å². The Morgan fingerprint density at radius 1 is 1.50 bits per heavy atom. The number of hydrogen-bond acceptors (Lipinski definition) is 2. The molecule has 2 rings (SSSR count). The largest absolute Gasteiger partial charge is 0.481 e. The van der Waals surface area contributed by atoms with Gasteiger partial charge in [0.2, 0.25) is 0 Å². The molecule has 3 nitrogen and oxygen atoms in total. The fourth-order valence-electron chi connectivity index (χ4n) is 1.64. The average molecular weight is 195 g/mol. The van der Waals surface area contributed by atoms with Gasteiger partial charge in [-0.1, -0.05) is 18.2 Å². The quantitative estimate of drug-likeness (QED) is 0.744. The molecule has 2 N–H and O–H groups in total. The molecule has 1 fully saturated rings. The van der Waals surface area contributed by atoms with Gasteiger partial charge < -0.3 is 10.4 Å². The molecule has 1 heterocycles. The third-order valence-corrected chi connectivity index (χ3v) is 2.52. The predicted molar refractivity (Wildman–Crippen MR) is 48.3 cm³/mol. The van der Waals surface area contributed by atoms with Gasteiger partial charge in [-0.05, 0) is 6.07 Å². The summed E-state index contributed by atoms with van der Waals surface area (Å²) in [5, 5.41) is 11.7. The molecule has 0 amide bonds. The summed E-state index contributed by atoms with van der Waals surface area (Å²) in [5.74, 6) is -1.74. The Morgan fingerprint density at radius 3 is 2.71 bits per heavy atom. The maximum absolute atomic E-state index is 13.3. The molecule has 1 saturated heterocycles. The number of benzene rings is 1. The van der Waals surface area contributed by atoms with Gasteiger partial charge in [0.25, 0.3) is 0 Å². The molecule has 14 heavy (non-hydrogen) atoms. The molecular formula is C10H10FNO2. The van der Waals surface area contributed by atoms with E-state index in [-0.39, 0.29) is 11.9 Å². The molecule has 1 aliphatic heterocycles. The molecule has 4 heteroatoms. The van der Waals surface area contributed by atoms with E-state index in [1.807, 2.05) is 0 Å². The fraction of sp³-hybridized carbons (Fsp3) is 0.300. The smallest absolute Gasteiger partial charge is 0.309 e. The highest BCUT2D eigenvalue weighted by atomic mass is 19.1. The summed E-state index contributed by atoms with van der Waals surface area (Å²) in [6.07, 6.45) is 0. The van der Waals surface area contributed by atoms with E-state index in [9.17, 15) is 9.18 Å². The van der Waals surface area contributed by atoms with E-state index in [1.165, 1.54) is 6.07 Å². The van der Waals surface area contributed by atoms with Crippen LogP contribution in [-0.2, 0) is 4.79 Å². The zero-order valence-corrected chi connectivity index (χ0v) is 7.40. The molecule has 2 unspecified atom stereocenters. The summed E-state index contributed by atoms with van der Waals surface area (Å²) < 4.78 is 13.3. The fourth-order valence-corrected chi connectivity index (χ4v) is 1.64. The van der Waals surface area contributed by atoms with Crippen molar-refractivity contribution in [1.82, 2.24) is 5.32 Å². The molecule has 0 spiro atoms. The van der Waals surface area contributed by atoms with E-state index in [1.54, 1.807) is 18.2 Å². The maximum Gasteiger partial charge on any atom is 0.309 e. The zero-order chi connectivity index (χ0) is 10.1. The molecule has 0 radical (unpaired) electrons. The van der Waals surface area contributed by atoms with Gasteiger partial charge in [-0.2, -0.15) is 0 Å². The standard InChI is InChI=1S/C10H10FNO2/c11-8-4-2-1-3-6(8)9-7(5-12-9)10(13)14/h1-4,7,9,12H,5H2,(H,13,14). The highest BCUT2D eigenvalue weighted by Crippen LogP contribution is 2.30. The van der Waals surface area contributed by atoms with Crippen LogP contribution in [0.2, 0.25) is 0 Å². The summed E-state index contributed by atoms with van der Waals surface area (Å²) in [6.45, 7) is 0.411. The van der Waals surface area contributed by atoms with Gasteiger partial charge in [-0.15, -0.1) is 0 Å². The summed E-state index contributed by atoms with van der Waals surface area (Å²) >= 11 is 0. The first kappa shape index (κ1) is 9.15. The minimum atomic E-state index is -0.878. The first-order valence-electron chi connectivity index (χ1n) is 4.41. The molecule has 0 saturated carbocycles. The Bertz CT molecular complexity index is 367. The van der Waals surface area contributed by atoms with Crippen molar-refractivity contribution < 1.29 is 14.3 Å². The molecule has 1 aromatic rings. The van der Waals surface area contributed by atoms with Crippen LogP contribution in [0.3, 0.4) is 0 Å². The van der Waals surface area contributed by atoms with Crippen molar-refractivity contribution >= 4 is 5.97 Å². The minimum absolute atomic E-state index is 0.351. The van der Waals surface area contributed by atoms with E-state index in [2.05, 4.69) is 5.32 Å². The lowest BCUT2D eigenvalue weighted by Crippen LogP contribution is -2.50. The van der Waals surface area contributed by atoms with E-state index in [0.29, 0.717) is 12.1 Å².